The highest BCUT2D eigenvalue weighted by Crippen LogP contribution is 2.16. The molecular formula is C9H10N4O2S2. The predicted molar refractivity (Wildman–Crippen MR) is 64.8 cm³/mol. The van der Waals surface area contributed by atoms with Gasteiger partial charge in [0.05, 0.1) is 0 Å². The van der Waals surface area contributed by atoms with Gasteiger partial charge in [0, 0.05) is 6.54 Å². The van der Waals surface area contributed by atoms with E-state index in [1.165, 1.54) is 0 Å². The van der Waals surface area contributed by atoms with Gasteiger partial charge in [0.25, 0.3) is 10.0 Å². The van der Waals surface area contributed by atoms with E-state index in [-0.39, 0.29) is 16.0 Å². The van der Waals surface area contributed by atoms with Crippen molar-refractivity contribution in [1.82, 2.24) is 14.9 Å². The lowest BCUT2D eigenvalue weighted by Crippen LogP contribution is -2.23. The van der Waals surface area contributed by atoms with Crippen molar-refractivity contribution in [2.24, 2.45) is 0 Å². The average Bonchev–Trinajstić information content (AvgIpc) is 2.76. The molecule has 0 atom stereocenters. The fraction of sp³-hybridized carbons (Fsp3) is 0.111. The van der Waals surface area contributed by atoms with E-state index >= 15 is 0 Å². The van der Waals surface area contributed by atoms with E-state index < -0.39 is 10.0 Å². The second-order valence-electron chi connectivity index (χ2n) is 3.22. The Labute approximate surface area is 103 Å². The Bertz CT molecular complexity index is 594. The highest BCUT2D eigenvalue weighted by molar-refractivity contribution is 7.91. The number of hydrogen-bond acceptors (Lipinski definition) is 6. The van der Waals surface area contributed by atoms with Gasteiger partial charge in [0.1, 0.15) is 0 Å². The van der Waals surface area contributed by atoms with Gasteiger partial charge in [-0.3, -0.25) is 0 Å². The Morgan fingerprint density at radius 3 is 2.53 bits per heavy atom. The topological polar surface area (TPSA) is 98.0 Å². The first-order valence-electron chi connectivity index (χ1n) is 4.70. The van der Waals surface area contributed by atoms with E-state index in [0.717, 1.165) is 16.9 Å². The minimum Gasteiger partial charge on any atom is -0.374 e. The van der Waals surface area contributed by atoms with Crippen LogP contribution in [0, 0.1) is 0 Å². The molecule has 0 spiro atoms. The van der Waals surface area contributed by atoms with Crippen LogP contribution in [0.15, 0.2) is 34.7 Å². The molecule has 0 aliphatic rings. The zero-order valence-corrected chi connectivity index (χ0v) is 10.3. The summed E-state index contributed by atoms with van der Waals surface area (Å²) in [6, 6.07) is 9.20. The highest BCUT2D eigenvalue weighted by atomic mass is 32.2. The number of nitrogens with one attached hydrogen (secondary N) is 1. The maximum atomic E-state index is 11.8. The van der Waals surface area contributed by atoms with Gasteiger partial charge >= 0.3 is 0 Å². The molecule has 0 bridgehead atoms. The number of sulfonamides is 1. The standard InChI is InChI=1S/C9H10N4O2S2/c10-8-12-13-9(16-8)17(14,15)11-6-7-4-2-1-3-5-7/h1-5,11H,6H2,(H2,10,12). The molecule has 1 heterocycles. The fourth-order valence-corrected chi connectivity index (χ4v) is 3.01. The van der Waals surface area contributed by atoms with Crippen LogP contribution in [0.3, 0.4) is 0 Å². The van der Waals surface area contributed by atoms with Crippen LogP contribution in [0.4, 0.5) is 5.13 Å². The minimum atomic E-state index is -3.62. The molecule has 6 nitrogen and oxygen atoms in total. The molecule has 17 heavy (non-hydrogen) atoms. The Morgan fingerprint density at radius 1 is 1.24 bits per heavy atom. The van der Waals surface area contributed by atoms with Gasteiger partial charge in [0.15, 0.2) is 0 Å². The molecule has 1 aromatic heterocycles. The zero-order chi connectivity index (χ0) is 12.3. The lowest BCUT2D eigenvalue weighted by Gasteiger charge is -2.02. The first-order chi connectivity index (χ1) is 8.08. The van der Waals surface area contributed by atoms with Crippen LogP contribution in [-0.2, 0) is 16.6 Å². The number of aromatic nitrogens is 2. The zero-order valence-electron chi connectivity index (χ0n) is 8.70. The van der Waals surface area contributed by atoms with Crippen molar-refractivity contribution in [1.29, 1.82) is 0 Å². The average molecular weight is 270 g/mol. The van der Waals surface area contributed by atoms with Crippen molar-refractivity contribution in [3.05, 3.63) is 35.9 Å². The van der Waals surface area contributed by atoms with Crippen LogP contribution in [0.25, 0.3) is 0 Å². The minimum absolute atomic E-state index is 0.120. The second-order valence-corrected chi connectivity index (χ2v) is 6.17. The molecule has 0 saturated heterocycles. The summed E-state index contributed by atoms with van der Waals surface area (Å²) in [7, 11) is -3.62. The van der Waals surface area contributed by atoms with Gasteiger partial charge in [0.2, 0.25) is 9.47 Å². The van der Waals surface area contributed by atoms with Crippen LogP contribution in [0.2, 0.25) is 0 Å². The predicted octanol–water partition coefficient (Wildman–Crippen LogP) is 0.599. The van der Waals surface area contributed by atoms with Crippen molar-refractivity contribution in [3.8, 4) is 0 Å². The van der Waals surface area contributed by atoms with E-state index in [1.807, 2.05) is 30.3 Å². The van der Waals surface area contributed by atoms with Crippen LogP contribution in [0.5, 0.6) is 0 Å². The third-order valence-electron chi connectivity index (χ3n) is 1.96. The van der Waals surface area contributed by atoms with Crippen molar-refractivity contribution in [2.75, 3.05) is 5.73 Å². The van der Waals surface area contributed by atoms with E-state index in [0.29, 0.717) is 0 Å². The molecule has 8 heteroatoms. The summed E-state index contributed by atoms with van der Waals surface area (Å²) in [6.45, 7) is 0.211. The maximum Gasteiger partial charge on any atom is 0.270 e. The Kier molecular flexibility index (Phi) is 3.36. The number of nitrogens with two attached hydrogens (primary N) is 1. The van der Waals surface area contributed by atoms with Gasteiger partial charge in [-0.15, -0.1) is 10.2 Å². The number of benzene rings is 1. The molecule has 0 saturated carbocycles. The normalized spacial score (nSPS) is 11.5. The SMILES string of the molecule is Nc1nnc(S(=O)(=O)NCc2ccccc2)s1. The first kappa shape index (κ1) is 12.0. The Balaban J connectivity index is 2.09. The Hall–Kier alpha value is -1.51. The fourth-order valence-electron chi connectivity index (χ4n) is 1.16. The Morgan fingerprint density at radius 2 is 1.94 bits per heavy atom. The molecule has 2 rings (SSSR count). The van der Waals surface area contributed by atoms with E-state index in [1.54, 1.807) is 0 Å². The van der Waals surface area contributed by atoms with E-state index in [4.69, 9.17) is 5.73 Å². The monoisotopic (exact) mass is 270 g/mol. The third-order valence-corrected chi connectivity index (χ3v) is 4.48. The maximum absolute atomic E-state index is 11.8. The molecule has 2 aromatic rings. The largest absolute Gasteiger partial charge is 0.374 e. The summed E-state index contributed by atoms with van der Waals surface area (Å²) in [5.41, 5.74) is 6.20. The van der Waals surface area contributed by atoms with Crippen LogP contribution in [0.1, 0.15) is 5.56 Å². The van der Waals surface area contributed by atoms with Gasteiger partial charge < -0.3 is 5.73 Å². The number of nitrogen functional groups attached to an aromatic ring is 1. The van der Waals surface area contributed by atoms with E-state index in [9.17, 15) is 8.42 Å². The number of hydrogen-bond donors (Lipinski definition) is 2. The van der Waals surface area contributed by atoms with Crippen LogP contribution in [-0.4, -0.2) is 18.6 Å². The van der Waals surface area contributed by atoms with Crippen molar-refractivity contribution < 1.29 is 8.42 Å². The lowest BCUT2D eigenvalue weighted by molar-refractivity contribution is 0.579. The van der Waals surface area contributed by atoms with Gasteiger partial charge in [-0.2, -0.15) is 0 Å². The molecule has 3 N–H and O–H groups in total. The molecule has 0 aliphatic carbocycles. The summed E-state index contributed by atoms with van der Waals surface area (Å²) >= 11 is 0.835. The summed E-state index contributed by atoms with van der Waals surface area (Å²) in [5.74, 6) is 0. The highest BCUT2D eigenvalue weighted by Gasteiger charge is 2.18. The molecule has 0 unspecified atom stereocenters. The van der Waals surface area contributed by atoms with Crippen molar-refractivity contribution in [3.63, 3.8) is 0 Å². The van der Waals surface area contributed by atoms with Gasteiger partial charge in [-0.05, 0) is 5.56 Å². The number of nitrogens with zero attached hydrogens (tertiary/aromatic N) is 2. The summed E-state index contributed by atoms with van der Waals surface area (Å²) in [5, 5.41) is 7.09. The molecule has 90 valence electrons. The number of rotatable bonds is 4. The first-order valence-corrected chi connectivity index (χ1v) is 7.00. The molecule has 0 fully saturated rings. The van der Waals surface area contributed by atoms with Gasteiger partial charge in [-0.25, -0.2) is 13.1 Å². The summed E-state index contributed by atoms with van der Waals surface area (Å²) in [6.07, 6.45) is 0. The van der Waals surface area contributed by atoms with Crippen molar-refractivity contribution >= 4 is 26.5 Å². The number of anilines is 1. The molecule has 1 aromatic carbocycles. The second kappa shape index (κ2) is 4.78. The lowest BCUT2D eigenvalue weighted by atomic mass is 10.2. The summed E-state index contributed by atoms with van der Waals surface area (Å²) < 4.78 is 25.8. The molecular weight excluding hydrogens is 260 g/mol. The third kappa shape index (κ3) is 2.99. The van der Waals surface area contributed by atoms with E-state index in [2.05, 4.69) is 14.9 Å². The molecule has 0 radical (unpaired) electrons. The molecule has 0 aliphatic heterocycles. The van der Waals surface area contributed by atoms with Gasteiger partial charge in [-0.1, -0.05) is 41.7 Å². The smallest absolute Gasteiger partial charge is 0.270 e. The molecule has 0 amide bonds. The van der Waals surface area contributed by atoms with Crippen LogP contribution >= 0.6 is 11.3 Å². The quantitative estimate of drug-likeness (QED) is 0.847. The summed E-state index contributed by atoms with van der Waals surface area (Å²) in [4.78, 5) is 0. The van der Waals surface area contributed by atoms with Crippen molar-refractivity contribution in [2.45, 2.75) is 10.9 Å². The van der Waals surface area contributed by atoms with Crippen LogP contribution < -0.4 is 10.5 Å².